The lowest BCUT2D eigenvalue weighted by atomic mass is 10.2. The van der Waals surface area contributed by atoms with E-state index in [1.54, 1.807) is 12.4 Å². The number of hydrogen-bond acceptors (Lipinski definition) is 5. The van der Waals surface area contributed by atoms with Gasteiger partial charge < -0.3 is 0 Å². The minimum Gasteiger partial charge on any atom is -0.244 e. The average molecular weight is 342 g/mol. The second-order valence-electron chi connectivity index (χ2n) is 5.19. The monoisotopic (exact) mass is 342 g/mol. The Labute approximate surface area is 151 Å². The maximum absolute atomic E-state index is 4.25. The van der Waals surface area contributed by atoms with Gasteiger partial charge in [0.1, 0.15) is 6.33 Å². The second-order valence-corrected chi connectivity index (χ2v) is 5.19. The summed E-state index contributed by atoms with van der Waals surface area (Å²) in [6.45, 7) is 0. The molecular weight excluding hydrogens is 324 g/mol. The van der Waals surface area contributed by atoms with E-state index in [2.05, 4.69) is 25.8 Å². The molecule has 0 saturated carbocycles. The summed E-state index contributed by atoms with van der Waals surface area (Å²) in [5.74, 6) is 0.429. The molecule has 26 heavy (non-hydrogen) atoms. The molecule has 0 aliphatic heterocycles. The molecule has 0 amide bonds. The molecule has 0 radical (unpaired) electrons. The van der Waals surface area contributed by atoms with Crippen molar-refractivity contribution in [2.75, 3.05) is 5.43 Å². The van der Waals surface area contributed by atoms with Gasteiger partial charge in [0, 0.05) is 12.4 Å². The third-order valence-electron chi connectivity index (χ3n) is 3.31. The summed E-state index contributed by atoms with van der Waals surface area (Å²) in [5.41, 5.74) is 5.02. The van der Waals surface area contributed by atoms with Gasteiger partial charge in [-0.15, -0.1) is 10.2 Å². The molecular formula is C20H18N6. The predicted octanol–water partition coefficient (Wildman–Crippen LogP) is 3.94. The van der Waals surface area contributed by atoms with Crippen LogP contribution in [0.15, 0.2) is 89.3 Å². The lowest BCUT2D eigenvalue weighted by Gasteiger charge is -1.97. The number of rotatable bonds is 7. The van der Waals surface area contributed by atoms with Gasteiger partial charge in [0.2, 0.25) is 0 Å². The van der Waals surface area contributed by atoms with Gasteiger partial charge in [0.05, 0.1) is 0 Å². The first kappa shape index (κ1) is 17.0. The number of nitrogens with one attached hydrogen (secondary N) is 1. The quantitative estimate of drug-likeness (QED) is 0.522. The highest BCUT2D eigenvalue weighted by atomic mass is 15.5. The number of anilines is 1. The van der Waals surface area contributed by atoms with E-state index >= 15 is 0 Å². The Hall–Kier alpha value is -3.80. The van der Waals surface area contributed by atoms with Crippen LogP contribution in [0.4, 0.5) is 5.95 Å². The first-order valence-corrected chi connectivity index (χ1v) is 8.09. The molecule has 0 fully saturated rings. The minimum absolute atomic E-state index is 0.429. The van der Waals surface area contributed by atoms with Crippen LogP contribution in [0.2, 0.25) is 0 Å². The van der Waals surface area contributed by atoms with Crippen LogP contribution in [0.1, 0.15) is 11.1 Å². The molecule has 1 aromatic heterocycles. The Morgan fingerprint density at radius 2 is 1.42 bits per heavy atom. The Kier molecular flexibility index (Phi) is 6.22. The van der Waals surface area contributed by atoms with E-state index in [4.69, 9.17) is 0 Å². The minimum atomic E-state index is 0.429. The molecule has 0 bridgehead atoms. The summed E-state index contributed by atoms with van der Waals surface area (Å²) in [6, 6.07) is 20.0. The van der Waals surface area contributed by atoms with Crippen LogP contribution < -0.4 is 5.43 Å². The maximum atomic E-state index is 4.25. The van der Waals surface area contributed by atoms with Crippen LogP contribution in [0, 0.1) is 0 Å². The van der Waals surface area contributed by atoms with Crippen LogP contribution in [-0.2, 0) is 0 Å². The molecule has 0 saturated heterocycles. The van der Waals surface area contributed by atoms with Crippen LogP contribution in [0.25, 0.3) is 12.2 Å². The Bertz CT molecular complexity index is 908. The highest BCUT2D eigenvalue weighted by molar-refractivity contribution is 5.79. The Morgan fingerprint density at radius 1 is 0.808 bits per heavy atom. The average Bonchev–Trinajstić information content (AvgIpc) is 3.14. The van der Waals surface area contributed by atoms with Crippen LogP contribution in [0.5, 0.6) is 0 Å². The van der Waals surface area contributed by atoms with Crippen LogP contribution in [0.3, 0.4) is 0 Å². The van der Waals surface area contributed by atoms with Gasteiger partial charge in [-0.25, -0.2) is 5.43 Å². The molecule has 0 unspecified atom stereocenters. The lowest BCUT2D eigenvalue weighted by molar-refractivity contribution is 0.880. The SMILES string of the molecule is C(/C=C/c1ccccc1)=N/Nc1nncn1/N=C\C=C\c1ccccc1. The van der Waals surface area contributed by atoms with Gasteiger partial charge in [-0.3, -0.25) is 0 Å². The standard InChI is InChI=1S/C20H18N6/c1-3-9-18(10-4-1)13-7-15-21-24-20-25-22-17-26(20)23-16-8-14-19-11-5-2-6-12-19/h1-17H,(H,24,25)/b13-7+,14-8+,21-15-,23-16-. The van der Waals surface area contributed by atoms with Crippen molar-refractivity contribution >= 4 is 30.5 Å². The number of hydrazone groups is 1. The molecule has 0 spiro atoms. The molecule has 2 aromatic carbocycles. The third kappa shape index (κ3) is 5.38. The number of benzene rings is 2. The molecule has 3 rings (SSSR count). The van der Waals surface area contributed by atoms with E-state index < -0.39 is 0 Å². The van der Waals surface area contributed by atoms with E-state index in [1.807, 2.05) is 85.0 Å². The number of allylic oxidation sites excluding steroid dienone is 2. The van der Waals surface area contributed by atoms with E-state index in [-0.39, 0.29) is 0 Å². The molecule has 0 atom stereocenters. The zero-order valence-electron chi connectivity index (χ0n) is 14.1. The summed E-state index contributed by atoms with van der Waals surface area (Å²) < 4.78 is 1.51. The smallest absolute Gasteiger partial charge is 0.244 e. The van der Waals surface area contributed by atoms with Crippen molar-refractivity contribution in [1.29, 1.82) is 0 Å². The molecule has 0 aliphatic carbocycles. The van der Waals surface area contributed by atoms with Gasteiger partial charge in [-0.2, -0.15) is 14.9 Å². The van der Waals surface area contributed by atoms with Crippen molar-refractivity contribution in [2.45, 2.75) is 0 Å². The Balaban J connectivity index is 1.53. The predicted molar refractivity (Wildman–Crippen MR) is 107 cm³/mol. The normalized spacial score (nSPS) is 12.0. The van der Waals surface area contributed by atoms with Crippen molar-refractivity contribution in [2.24, 2.45) is 10.2 Å². The summed E-state index contributed by atoms with van der Waals surface area (Å²) in [5, 5.41) is 16.1. The fraction of sp³-hybridized carbons (Fsp3) is 0. The maximum Gasteiger partial charge on any atom is 0.265 e. The second kappa shape index (κ2) is 9.48. The number of aromatic nitrogens is 3. The first-order valence-electron chi connectivity index (χ1n) is 8.09. The number of hydrogen-bond donors (Lipinski definition) is 1. The van der Waals surface area contributed by atoms with Gasteiger partial charge in [0.15, 0.2) is 0 Å². The fourth-order valence-corrected chi connectivity index (χ4v) is 2.07. The fourth-order valence-electron chi connectivity index (χ4n) is 2.07. The first-order chi connectivity index (χ1) is 12.9. The zero-order valence-corrected chi connectivity index (χ0v) is 14.1. The highest BCUT2D eigenvalue weighted by Crippen LogP contribution is 2.03. The van der Waals surface area contributed by atoms with Gasteiger partial charge >= 0.3 is 0 Å². The summed E-state index contributed by atoms with van der Waals surface area (Å²) >= 11 is 0. The molecule has 128 valence electrons. The van der Waals surface area contributed by atoms with Crippen molar-refractivity contribution in [3.63, 3.8) is 0 Å². The molecule has 6 nitrogen and oxygen atoms in total. The third-order valence-corrected chi connectivity index (χ3v) is 3.31. The van der Waals surface area contributed by atoms with Gasteiger partial charge in [0.25, 0.3) is 5.95 Å². The molecule has 1 heterocycles. The molecule has 3 aromatic rings. The van der Waals surface area contributed by atoms with Crippen LogP contribution in [-0.4, -0.2) is 27.3 Å². The van der Waals surface area contributed by atoms with Crippen molar-refractivity contribution in [3.05, 3.63) is 90.3 Å². The molecule has 6 heteroatoms. The van der Waals surface area contributed by atoms with E-state index in [9.17, 15) is 0 Å². The van der Waals surface area contributed by atoms with E-state index in [0.717, 1.165) is 11.1 Å². The summed E-state index contributed by atoms with van der Waals surface area (Å²) in [7, 11) is 0. The van der Waals surface area contributed by atoms with Gasteiger partial charge in [-0.05, 0) is 23.3 Å². The lowest BCUT2D eigenvalue weighted by Crippen LogP contribution is -1.97. The molecule has 0 aliphatic rings. The molecule has 1 N–H and O–H groups in total. The van der Waals surface area contributed by atoms with Crippen molar-refractivity contribution in [1.82, 2.24) is 14.9 Å². The summed E-state index contributed by atoms with van der Waals surface area (Å²) in [6.07, 6.45) is 12.4. The van der Waals surface area contributed by atoms with Crippen LogP contribution >= 0.6 is 0 Å². The summed E-state index contributed by atoms with van der Waals surface area (Å²) in [4.78, 5) is 0. The van der Waals surface area contributed by atoms with E-state index in [0.29, 0.717) is 5.95 Å². The largest absolute Gasteiger partial charge is 0.265 e. The van der Waals surface area contributed by atoms with Crippen molar-refractivity contribution < 1.29 is 0 Å². The van der Waals surface area contributed by atoms with Gasteiger partial charge in [-0.1, -0.05) is 72.8 Å². The number of nitrogens with zero attached hydrogens (tertiary/aromatic N) is 5. The topological polar surface area (TPSA) is 67.5 Å². The van der Waals surface area contributed by atoms with E-state index in [1.165, 1.54) is 11.0 Å². The van der Waals surface area contributed by atoms with Crippen molar-refractivity contribution in [3.8, 4) is 0 Å². The highest BCUT2D eigenvalue weighted by Gasteiger charge is 1.98. The Morgan fingerprint density at radius 3 is 2.08 bits per heavy atom. The zero-order chi connectivity index (χ0) is 17.9.